The topological polar surface area (TPSA) is 62.0 Å². The van der Waals surface area contributed by atoms with Gasteiger partial charge in [-0.15, -0.1) is 0 Å². The van der Waals surface area contributed by atoms with Crippen molar-refractivity contribution in [2.45, 2.75) is 39.0 Å². The molecular formula is C15H20N2O2. The fourth-order valence-electron chi connectivity index (χ4n) is 2.31. The minimum atomic E-state index is -0.325. The van der Waals surface area contributed by atoms with Crippen molar-refractivity contribution in [3.63, 3.8) is 0 Å². The number of aromatic amines is 1. The number of carbonyl (C=O) groups excluding carboxylic acids is 1. The molecule has 0 radical (unpaired) electrons. The maximum atomic E-state index is 11.9. The SMILES string of the molecule is Cc1ccc(C(=O)NCCC2=CCCCC2)c(=O)[nH]1. The molecule has 0 atom stereocenters. The highest BCUT2D eigenvalue weighted by atomic mass is 16.2. The molecule has 0 saturated carbocycles. The van der Waals surface area contributed by atoms with Crippen molar-refractivity contribution in [2.75, 3.05) is 6.54 Å². The minimum Gasteiger partial charge on any atom is -0.352 e. The molecule has 2 rings (SSSR count). The third kappa shape index (κ3) is 3.81. The Morgan fingerprint density at radius 2 is 2.21 bits per heavy atom. The molecule has 0 fully saturated rings. The molecule has 0 aliphatic heterocycles. The third-order valence-electron chi connectivity index (χ3n) is 3.42. The average Bonchev–Trinajstić information content (AvgIpc) is 2.39. The number of pyridine rings is 1. The van der Waals surface area contributed by atoms with Gasteiger partial charge in [-0.2, -0.15) is 0 Å². The molecule has 1 aliphatic rings. The molecule has 0 unspecified atom stereocenters. The zero-order valence-corrected chi connectivity index (χ0v) is 11.3. The predicted molar refractivity (Wildman–Crippen MR) is 75.3 cm³/mol. The first-order chi connectivity index (χ1) is 9.16. The number of H-pyrrole nitrogens is 1. The zero-order chi connectivity index (χ0) is 13.7. The van der Waals surface area contributed by atoms with Gasteiger partial charge in [0.05, 0.1) is 0 Å². The molecular weight excluding hydrogens is 240 g/mol. The molecule has 4 heteroatoms. The molecule has 0 bridgehead atoms. The van der Waals surface area contributed by atoms with E-state index in [-0.39, 0.29) is 17.0 Å². The quantitative estimate of drug-likeness (QED) is 0.816. The van der Waals surface area contributed by atoms with Crippen LogP contribution in [0.15, 0.2) is 28.6 Å². The number of aryl methyl sites for hydroxylation is 1. The summed E-state index contributed by atoms with van der Waals surface area (Å²) in [6.07, 6.45) is 7.97. The van der Waals surface area contributed by atoms with Gasteiger partial charge in [-0.05, 0) is 51.2 Å². The van der Waals surface area contributed by atoms with E-state index in [2.05, 4.69) is 16.4 Å². The van der Waals surface area contributed by atoms with E-state index in [0.717, 1.165) is 25.0 Å². The fraction of sp³-hybridized carbons (Fsp3) is 0.467. The van der Waals surface area contributed by atoms with Crippen LogP contribution in [-0.2, 0) is 0 Å². The molecule has 2 N–H and O–H groups in total. The first-order valence-corrected chi connectivity index (χ1v) is 6.83. The minimum absolute atomic E-state index is 0.184. The molecule has 102 valence electrons. The standard InChI is InChI=1S/C15H20N2O2/c1-11-7-8-13(15(19)17-11)14(18)16-10-9-12-5-3-2-4-6-12/h5,7-8H,2-4,6,9-10H2,1H3,(H,16,18)(H,17,19). The van der Waals surface area contributed by atoms with Gasteiger partial charge in [0.1, 0.15) is 5.56 Å². The van der Waals surface area contributed by atoms with Gasteiger partial charge < -0.3 is 10.3 Å². The lowest BCUT2D eigenvalue weighted by molar-refractivity contribution is 0.0952. The lowest BCUT2D eigenvalue weighted by Crippen LogP contribution is -2.30. The van der Waals surface area contributed by atoms with E-state index in [0.29, 0.717) is 6.54 Å². The number of nitrogens with one attached hydrogen (secondary N) is 2. The summed E-state index contributed by atoms with van der Waals surface area (Å²) in [5.41, 5.74) is 2.04. The second kappa shape index (κ2) is 6.36. The smallest absolute Gasteiger partial charge is 0.260 e. The van der Waals surface area contributed by atoms with Crippen molar-refractivity contribution in [1.82, 2.24) is 10.3 Å². The Hall–Kier alpha value is -1.84. The molecule has 19 heavy (non-hydrogen) atoms. The molecule has 1 aliphatic carbocycles. The summed E-state index contributed by atoms with van der Waals surface area (Å²) in [7, 11) is 0. The summed E-state index contributed by atoms with van der Waals surface area (Å²) in [6.45, 7) is 2.39. The van der Waals surface area contributed by atoms with Gasteiger partial charge in [-0.1, -0.05) is 11.6 Å². The fourth-order valence-corrected chi connectivity index (χ4v) is 2.31. The van der Waals surface area contributed by atoms with Crippen LogP contribution in [0.4, 0.5) is 0 Å². The van der Waals surface area contributed by atoms with Crippen molar-refractivity contribution in [3.05, 3.63) is 45.4 Å². The molecule has 1 amide bonds. The van der Waals surface area contributed by atoms with E-state index in [9.17, 15) is 9.59 Å². The Labute approximate surface area is 112 Å². The lowest BCUT2D eigenvalue weighted by atomic mass is 9.97. The van der Waals surface area contributed by atoms with Crippen molar-refractivity contribution in [3.8, 4) is 0 Å². The monoisotopic (exact) mass is 260 g/mol. The van der Waals surface area contributed by atoms with Gasteiger partial charge in [0, 0.05) is 12.2 Å². The van der Waals surface area contributed by atoms with Crippen LogP contribution >= 0.6 is 0 Å². The molecule has 0 aromatic carbocycles. The van der Waals surface area contributed by atoms with E-state index in [1.807, 2.05) is 0 Å². The Morgan fingerprint density at radius 3 is 2.89 bits per heavy atom. The van der Waals surface area contributed by atoms with E-state index in [1.165, 1.54) is 18.4 Å². The number of allylic oxidation sites excluding steroid dienone is 1. The molecule has 0 saturated heterocycles. The first kappa shape index (κ1) is 13.6. The van der Waals surface area contributed by atoms with Crippen LogP contribution < -0.4 is 10.9 Å². The number of rotatable bonds is 4. The first-order valence-electron chi connectivity index (χ1n) is 6.83. The molecule has 4 nitrogen and oxygen atoms in total. The van der Waals surface area contributed by atoms with Crippen molar-refractivity contribution >= 4 is 5.91 Å². The summed E-state index contributed by atoms with van der Waals surface area (Å²) < 4.78 is 0. The van der Waals surface area contributed by atoms with Gasteiger partial charge in [-0.25, -0.2) is 0 Å². The summed E-state index contributed by atoms with van der Waals surface area (Å²) in [5.74, 6) is -0.294. The maximum Gasteiger partial charge on any atom is 0.260 e. The maximum absolute atomic E-state index is 11.9. The van der Waals surface area contributed by atoms with E-state index in [4.69, 9.17) is 0 Å². The molecule has 1 heterocycles. The number of carbonyl (C=O) groups is 1. The number of aromatic nitrogens is 1. The Balaban J connectivity index is 1.87. The predicted octanol–water partition coefficient (Wildman–Crippen LogP) is 2.30. The van der Waals surface area contributed by atoms with Gasteiger partial charge >= 0.3 is 0 Å². The van der Waals surface area contributed by atoms with Crippen LogP contribution in [0.1, 0.15) is 48.2 Å². The summed E-state index contributed by atoms with van der Waals surface area (Å²) in [5, 5.41) is 2.81. The molecule has 1 aromatic heterocycles. The van der Waals surface area contributed by atoms with E-state index < -0.39 is 0 Å². The highest BCUT2D eigenvalue weighted by Gasteiger charge is 2.10. The second-order valence-electron chi connectivity index (χ2n) is 5.00. The number of hydrogen-bond donors (Lipinski definition) is 2. The van der Waals surface area contributed by atoms with Crippen LogP contribution in [0.5, 0.6) is 0 Å². The zero-order valence-electron chi connectivity index (χ0n) is 11.3. The van der Waals surface area contributed by atoms with Crippen LogP contribution in [0.25, 0.3) is 0 Å². The van der Waals surface area contributed by atoms with Gasteiger partial charge in [0.2, 0.25) is 0 Å². The second-order valence-corrected chi connectivity index (χ2v) is 5.00. The van der Waals surface area contributed by atoms with Gasteiger partial charge in [0.25, 0.3) is 11.5 Å². The van der Waals surface area contributed by atoms with E-state index in [1.54, 1.807) is 19.1 Å². The number of hydrogen-bond acceptors (Lipinski definition) is 2. The van der Waals surface area contributed by atoms with Crippen LogP contribution in [0, 0.1) is 6.92 Å². The lowest BCUT2D eigenvalue weighted by Gasteiger charge is -2.12. The highest BCUT2D eigenvalue weighted by Crippen LogP contribution is 2.19. The highest BCUT2D eigenvalue weighted by molar-refractivity contribution is 5.93. The van der Waals surface area contributed by atoms with Crippen molar-refractivity contribution in [1.29, 1.82) is 0 Å². The van der Waals surface area contributed by atoms with Crippen molar-refractivity contribution in [2.24, 2.45) is 0 Å². The summed E-state index contributed by atoms with van der Waals surface area (Å²) in [4.78, 5) is 26.1. The van der Waals surface area contributed by atoms with E-state index >= 15 is 0 Å². The molecule has 1 aromatic rings. The molecule has 0 spiro atoms. The third-order valence-corrected chi connectivity index (χ3v) is 3.42. The Bertz CT molecular complexity index is 543. The summed E-state index contributed by atoms with van der Waals surface area (Å²) >= 11 is 0. The van der Waals surface area contributed by atoms with Crippen LogP contribution in [0.3, 0.4) is 0 Å². The van der Waals surface area contributed by atoms with Gasteiger partial charge in [-0.3, -0.25) is 9.59 Å². The Morgan fingerprint density at radius 1 is 1.37 bits per heavy atom. The Kier molecular flexibility index (Phi) is 4.55. The normalized spacial score (nSPS) is 14.9. The summed E-state index contributed by atoms with van der Waals surface area (Å²) in [6, 6.07) is 3.31. The van der Waals surface area contributed by atoms with Crippen molar-refractivity contribution < 1.29 is 4.79 Å². The van der Waals surface area contributed by atoms with Crippen LogP contribution in [0.2, 0.25) is 0 Å². The average molecular weight is 260 g/mol. The number of amides is 1. The largest absolute Gasteiger partial charge is 0.352 e. The van der Waals surface area contributed by atoms with Crippen LogP contribution in [-0.4, -0.2) is 17.4 Å². The van der Waals surface area contributed by atoms with Gasteiger partial charge in [0.15, 0.2) is 0 Å².